The highest BCUT2D eigenvalue weighted by atomic mass is 16.5. The van der Waals surface area contributed by atoms with Crippen LogP contribution in [-0.2, 0) is 11.2 Å². The van der Waals surface area contributed by atoms with Crippen LogP contribution in [0.25, 0.3) is 0 Å². The lowest BCUT2D eigenvalue weighted by atomic mass is 9.90. The zero-order valence-corrected chi connectivity index (χ0v) is 12.7. The van der Waals surface area contributed by atoms with Gasteiger partial charge in [-0.1, -0.05) is 26.2 Å². The fourth-order valence-electron chi connectivity index (χ4n) is 3.61. The van der Waals surface area contributed by atoms with Crippen molar-refractivity contribution in [1.29, 1.82) is 0 Å². The molecule has 1 aliphatic heterocycles. The standard InChI is InChI=1S/C15H25N5O/c1-2-5-11-14(19-16)17-10-18-15(11)20-8-9-21-13-7-4-3-6-12(13)20/h10,12-13H,2-9,16H2,1H3,(H,17,18,19). The van der Waals surface area contributed by atoms with Gasteiger partial charge in [0, 0.05) is 12.1 Å². The van der Waals surface area contributed by atoms with Crippen LogP contribution in [0.3, 0.4) is 0 Å². The van der Waals surface area contributed by atoms with E-state index in [1.165, 1.54) is 19.3 Å². The second-order valence-electron chi connectivity index (χ2n) is 5.87. The minimum Gasteiger partial charge on any atom is -0.374 e. The number of nitrogens with one attached hydrogen (secondary N) is 1. The average Bonchev–Trinajstić information content (AvgIpc) is 2.55. The van der Waals surface area contributed by atoms with Crippen LogP contribution in [0, 0.1) is 0 Å². The number of nitrogens with two attached hydrogens (primary N) is 1. The summed E-state index contributed by atoms with van der Waals surface area (Å²) in [5.74, 6) is 7.42. The van der Waals surface area contributed by atoms with Crippen LogP contribution in [0.1, 0.15) is 44.6 Å². The Morgan fingerprint density at radius 1 is 1.38 bits per heavy atom. The highest BCUT2D eigenvalue weighted by Crippen LogP contribution is 2.34. The number of ether oxygens (including phenoxy) is 1. The van der Waals surface area contributed by atoms with Crippen molar-refractivity contribution in [1.82, 2.24) is 9.97 Å². The summed E-state index contributed by atoms with van der Waals surface area (Å²) in [4.78, 5) is 11.3. The fourth-order valence-corrected chi connectivity index (χ4v) is 3.61. The third-order valence-corrected chi connectivity index (χ3v) is 4.56. The molecule has 2 fully saturated rings. The molecule has 21 heavy (non-hydrogen) atoms. The number of morpholine rings is 1. The molecule has 2 atom stereocenters. The van der Waals surface area contributed by atoms with Gasteiger partial charge >= 0.3 is 0 Å². The minimum atomic E-state index is 0.353. The van der Waals surface area contributed by atoms with E-state index in [2.05, 4.69) is 27.2 Å². The highest BCUT2D eigenvalue weighted by molar-refractivity contribution is 5.59. The monoisotopic (exact) mass is 291 g/mol. The predicted molar refractivity (Wildman–Crippen MR) is 83.2 cm³/mol. The number of anilines is 2. The topological polar surface area (TPSA) is 76.3 Å². The van der Waals surface area contributed by atoms with Crippen molar-refractivity contribution < 1.29 is 4.74 Å². The van der Waals surface area contributed by atoms with Gasteiger partial charge < -0.3 is 15.1 Å². The molecule has 1 saturated carbocycles. The summed E-state index contributed by atoms with van der Waals surface area (Å²) in [6, 6.07) is 0.448. The first-order valence-electron chi connectivity index (χ1n) is 8.04. The Kier molecular flexibility index (Phi) is 4.55. The summed E-state index contributed by atoms with van der Waals surface area (Å²) in [5, 5.41) is 0. The molecule has 2 unspecified atom stereocenters. The summed E-state index contributed by atoms with van der Waals surface area (Å²) in [7, 11) is 0. The number of hydrogen-bond donors (Lipinski definition) is 2. The third-order valence-electron chi connectivity index (χ3n) is 4.56. The minimum absolute atomic E-state index is 0.353. The van der Waals surface area contributed by atoms with E-state index >= 15 is 0 Å². The lowest BCUT2D eigenvalue weighted by molar-refractivity contribution is -0.00905. The van der Waals surface area contributed by atoms with Crippen molar-refractivity contribution >= 4 is 11.6 Å². The molecule has 1 saturated heterocycles. The van der Waals surface area contributed by atoms with Gasteiger partial charge in [-0.25, -0.2) is 15.8 Å². The molecule has 6 nitrogen and oxygen atoms in total. The molecule has 1 aromatic heterocycles. The number of nitrogens with zero attached hydrogens (tertiary/aromatic N) is 3. The third kappa shape index (κ3) is 2.82. The van der Waals surface area contributed by atoms with E-state index in [0.29, 0.717) is 12.1 Å². The van der Waals surface area contributed by atoms with Gasteiger partial charge in [-0.3, -0.25) is 0 Å². The molecule has 0 amide bonds. The maximum atomic E-state index is 5.96. The van der Waals surface area contributed by atoms with E-state index < -0.39 is 0 Å². The van der Waals surface area contributed by atoms with Crippen LogP contribution in [0.2, 0.25) is 0 Å². The molecule has 3 rings (SSSR count). The van der Waals surface area contributed by atoms with Crippen molar-refractivity contribution in [2.45, 2.75) is 57.6 Å². The van der Waals surface area contributed by atoms with E-state index in [-0.39, 0.29) is 0 Å². The number of hydrazine groups is 1. The smallest absolute Gasteiger partial charge is 0.148 e. The van der Waals surface area contributed by atoms with Gasteiger partial charge in [-0.05, 0) is 19.3 Å². The van der Waals surface area contributed by atoms with E-state index in [9.17, 15) is 0 Å². The molecular weight excluding hydrogens is 266 g/mol. The van der Waals surface area contributed by atoms with Crippen molar-refractivity contribution in [2.75, 3.05) is 23.5 Å². The van der Waals surface area contributed by atoms with Crippen molar-refractivity contribution in [2.24, 2.45) is 5.84 Å². The lowest BCUT2D eigenvalue weighted by Crippen LogP contribution is -2.53. The van der Waals surface area contributed by atoms with Gasteiger partial charge in [-0.15, -0.1) is 0 Å². The van der Waals surface area contributed by atoms with Gasteiger partial charge in [0.2, 0.25) is 0 Å². The predicted octanol–water partition coefficient (Wildman–Crippen LogP) is 1.86. The van der Waals surface area contributed by atoms with Crippen LogP contribution in [0.15, 0.2) is 6.33 Å². The van der Waals surface area contributed by atoms with Crippen molar-refractivity contribution in [3.05, 3.63) is 11.9 Å². The molecule has 2 aliphatic rings. The zero-order valence-electron chi connectivity index (χ0n) is 12.7. The van der Waals surface area contributed by atoms with Gasteiger partial charge in [0.15, 0.2) is 0 Å². The summed E-state index contributed by atoms with van der Waals surface area (Å²) >= 11 is 0. The summed E-state index contributed by atoms with van der Waals surface area (Å²) < 4.78 is 5.96. The summed E-state index contributed by atoms with van der Waals surface area (Å²) in [6.45, 7) is 3.85. The number of hydrogen-bond acceptors (Lipinski definition) is 6. The maximum Gasteiger partial charge on any atom is 0.148 e. The Labute approximate surface area is 126 Å². The summed E-state index contributed by atoms with van der Waals surface area (Å²) in [5.41, 5.74) is 3.86. The maximum absolute atomic E-state index is 5.96. The molecule has 3 N–H and O–H groups in total. The summed E-state index contributed by atoms with van der Waals surface area (Å²) in [6.07, 6.45) is 8.84. The van der Waals surface area contributed by atoms with Crippen molar-refractivity contribution in [3.63, 3.8) is 0 Å². The molecule has 116 valence electrons. The van der Waals surface area contributed by atoms with Gasteiger partial charge in [0.25, 0.3) is 0 Å². The first kappa shape index (κ1) is 14.5. The second-order valence-corrected chi connectivity index (χ2v) is 5.87. The quantitative estimate of drug-likeness (QED) is 0.651. The van der Waals surface area contributed by atoms with Gasteiger partial charge in [-0.2, -0.15) is 0 Å². The van der Waals surface area contributed by atoms with Crippen LogP contribution in [0.4, 0.5) is 11.6 Å². The van der Waals surface area contributed by atoms with Gasteiger partial charge in [0.05, 0.1) is 18.8 Å². The van der Waals surface area contributed by atoms with E-state index in [1.807, 2.05) is 0 Å². The molecule has 0 radical (unpaired) electrons. The highest BCUT2D eigenvalue weighted by Gasteiger charge is 2.36. The Morgan fingerprint density at radius 3 is 3.05 bits per heavy atom. The molecular formula is C15H25N5O. The van der Waals surface area contributed by atoms with E-state index in [4.69, 9.17) is 10.6 Å². The molecule has 0 spiro atoms. The normalized spacial score (nSPS) is 25.5. The average molecular weight is 291 g/mol. The zero-order chi connectivity index (χ0) is 14.7. The largest absolute Gasteiger partial charge is 0.374 e. The van der Waals surface area contributed by atoms with Crippen LogP contribution in [-0.4, -0.2) is 35.3 Å². The first-order valence-corrected chi connectivity index (χ1v) is 8.04. The number of aromatic nitrogens is 2. The lowest BCUT2D eigenvalue weighted by Gasteiger charge is -2.45. The second kappa shape index (κ2) is 6.58. The number of fused-ring (bicyclic) bond motifs is 1. The SMILES string of the molecule is CCCc1c(NN)ncnc1N1CCOC2CCCCC21. The first-order chi connectivity index (χ1) is 10.3. The molecule has 6 heteroatoms. The van der Waals surface area contributed by atoms with Gasteiger partial charge in [0.1, 0.15) is 18.0 Å². The fraction of sp³-hybridized carbons (Fsp3) is 0.733. The molecule has 0 aromatic carbocycles. The molecule has 2 heterocycles. The molecule has 1 aliphatic carbocycles. The Bertz CT molecular complexity index is 479. The number of rotatable bonds is 4. The Morgan fingerprint density at radius 2 is 2.24 bits per heavy atom. The molecule has 0 bridgehead atoms. The van der Waals surface area contributed by atoms with E-state index in [0.717, 1.165) is 49.6 Å². The van der Waals surface area contributed by atoms with Crippen LogP contribution in [0.5, 0.6) is 0 Å². The van der Waals surface area contributed by atoms with E-state index in [1.54, 1.807) is 6.33 Å². The van der Waals surface area contributed by atoms with Crippen LogP contribution >= 0.6 is 0 Å². The molecule has 1 aromatic rings. The number of nitrogen functional groups attached to an aromatic ring is 1. The van der Waals surface area contributed by atoms with Crippen LogP contribution < -0.4 is 16.2 Å². The Balaban J connectivity index is 1.94. The Hall–Kier alpha value is -1.40. The van der Waals surface area contributed by atoms with Crippen molar-refractivity contribution in [3.8, 4) is 0 Å².